The average Bonchev–Trinajstić information content (AvgIpc) is 3.51. The summed E-state index contributed by atoms with van der Waals surface area (Å²) in [6, 6.07) is 0. The van der Waals surface area contributed by atoms with Crippen molar-refractivity contribution < 1.29 is 205 Å². The standard InChI is InChI=1S/C42H70O35.Na.H/c43-1-8-29-15(50)22(57)36(64-8)72-30-9(2-44)66-38(24(59)17(30)52)74-32-11(4-46)68-40(26(61)19(32)54)76-34-13(6-48)70-42(28(63)21(34)56)77-35-14(7-49)69-41(27(62)20(35)55)75-33-12(5-47)67-39(25(60)18(33)53)73-31-10(3-45)65-37(71-29)23(58)16(31)51;;/h8-63H,1-7H2;;/q;+1;-1/t8-,9-,10-,11-,12-,13-,14-,15-,16-,17-,18-,19-,20-,21-,22-,23-,24-,25-,26-,27-,28-,29-,30-,31-,32-,33-,34-,35-,36-,37-,38-,39-,40-,41-,42-;;/m1../s1. The topological polar surface area (TPSA) is 554 Å². The van der Waals surface area contributed by atoms with Crippen LogP contribution in [0.2, 0.25) is 0 Å². The molecule has 0 aliphatic carbocycles. The van der Waals surface area contributed by atoms with Crippen molar-refractivity contribution in [2.24, 2.45) is 0 Å². The smallest absolute Gasteiger partial charge is 1.00 e. The molecule has 0 amide bonds. The van der Waals surface area contributed by atoms with Gasteiger partial charge in [0, 0.05) is 0 Å². The second-order valence-electron chi connectivity index (χ2n) is 19.7. The zero-order valence-corrected chi connectivity index (χ0v) is 43.3. The number of hydrogen-bond donors (Lipinski definition) is 21. The minimum Gasteiger partial charge on any atom is -1.00 e. The fourth-order valence-corrected chi connectivity index (χ4v) is 10.4. The minimum atomic E-state index is -2.21. The SMILES string of the molecule is OC[C@H]1O[C@@H]2O[C@H]3[C@H](O)[C@@H](O)[C@@H](O[C@H]4[C@H](O)[C@@H](O)[C@@H](O[C@H]5[C@H](O)[C@@H](O)[C@@H](O[C@H]6[C@H](O)[C@@H](O)[C@@H](O[C@H]7[C@H](O)[C@@H](O)[C@@H](O[C@H]8[C@H](O)[C@@H](O)[C@@H](O[C@H]1[C@H](O)[C@H]2O)O[C@@H]8CO)O[C@@H]7CO)O[C@@H]6CO)O[C@@H]5CO)O[C@@H]4CO)O[C@@H]3CO.[H-].[Na+]. The number of ether oxygens (including phenoxy) is 14. The third-order valence-electron chi connectivity index (χ3n) is 14.8. The van der Waals surface area contributed by atoms with E-state index in [1.165, 1.54) is 0 Å². The van der Waals surface area contributed by atoms with Gasteiger partial charge in [0.05, 0.1) is 46.2 Å². The average molecular weight is 1160 g/mol. The van der Waals surface area contributed by atoms with Gasteiger partial charge in [0.1, 0.15) is 171 Å². The molecule has 36 heteroatoms. The van der Waals surface area contributed by atoms with Gasteiger partial charge in [0.2, 0.25) is 0 Å². The zero-order chi connectivity index (χ0) is 56.1. The van der Waals surface area contributed by atoms with Gasteiger partial charge in [-0.1, -0.05) is 0 Å². The van der Waals surface area contributed by atoms with Crippen LogP contribution >= 0.6 is 0 Å². The fourth-order valence-electron chi connectivity index (χ4n) is 10.4. The molecule has 450 valence electrons. The molecule has 0 aromatic rings. The van der Waals surface area contributed by atoms with Gasteiger partial charge in [-0.2, -0.15) is 0 Å². The van der Waals surface area contributed by atoms with Crippen LogP contribution in [0.3, 0.4) is 0 Å². The van der Waals surface area contributed by atoms with Crippen LogP contribution in [0.15, 0.2) is 0 Å². The maximum Gasteiger partial charge on any atom is 1.00 e. The van der Waals surface area contributed by atoms with E-state index in [0.717, 1.165) is 0 Å². The van der Waals surface area contributed by atoms with E-state index in [2.05, 4.69) is 0 Å². The van der Waals surface area contributed by atoms with Gasteiger partial charge in [-0.15, -0.1) is 0 Å². The van der Waals surface area contributed by atoms with E-state index < -0.39 is 261 Å². The van der Waals surface area contributed by atoms with Gasteiger partial charge in [-0.05, 0) is 0 Å². The van der Waals surface area contributed by atoms with Crippen LogP contribution in [0, 0.1) is 0 Å². The molecule has 21 rings (SSSR count). The first kappa shape index (κ1) is 65.1. The maximum absolute atomic E-state index is 11.3. The molecule has 78 heavy (non-hydrogen) atoms. The van der Waals surface area contributed by atoms with Crippen LogP contribution in [0.1, 0.15) is 1.43 Å². The van der Waals surface area contributed by atoms with Crippen molar-refractivity contribution in [3.63, 3.8) is 0 Å². The van der Waals surface area contributed by atoms with Crippen molar-refractivity contribution in [1.29, 1.82) is 0 Å². The summed E-state index contributed by atoms with van der Waals surface area (Å²) in [6.45, 7) is -7.33. The summed E-state index contributed by atoms with van der Waals surface area (Å²) < 4.78 is 79.5. The normalized spacial score (nSPS) is 54.7. The van der Waals surface area contributed by atoms with Crippen molar-refractivity contribution in [2.75, 3.05) is 46.2 Å². The van der Waals surface area contributed by atoms with E-state index in [4.69, 9.17) is 66.3 Å². The molecule has 0 aromatic carbocycles. The summed E-state index contributed by atoms with van der Waals surface area (Å²) in [6.07, 6.45) is -70.2. The van der Waals surface area contributed by atoms with Gasteiger partial charge in [-0.25, -0.2) is 0 Å². The van der Waals surface area contributed by atoms with E-state index in [1.54, 1.807) is 0 Å². The second kappa shape index (κ2) is 27.8. The van der Waals surface area contributed by atoms with E-state index in [0.29, 0.717) is 0 Å². The van der Waals surface area contributed by atoms with E-state index in [1.807, 2.05) is 0 Å². The van der Waals surface area contributed by atoms with Crippen molar-refractivity contribution in [3.05, 3.63) is 0 Å². The molecule has 21 saturated heterocycles. The first-order chi connectivity index (χ1) is 36.7. The van der Waals surface area contributed by atoms with Gasteiger partial charge >= 0.3 is 29.6 Å². The summed E-state index contributed by atoms with van der Waals surface area (Å²) in [5, 5.41) is 230. The Morgan fingerprint density at radius 3 is 0.372 bits per heavy atom. The first-order valence-corrected chi connectivity index (χ1v) is 24.6. The van der Waals surface area contributed by atoms with Gasteiger partial charge in [0.15, 0.2) is 44.0 Å². The Morgan fingerprint density at radius 2 is 0.282 bits per heavy atom. The van der Waals surface area contributed by atoms with Crippen molar-refractivity contribution in [3.8, 4) is 0 Å². The molecule has 14 bridgehead atoms. The van der Waals surface area contributed by atoms with Crippen LogP contribution in [-0.4, -0.2) is 368 Å². The molecule has 21 aliphatic heterocycles. The van der Waals surface area contributed by atoms with Crippen molar-refractivity contribution >= 4 is 0 Å². The molecule has 0 radical (unpaired) electrons. The Kier molecular flexibility index (Phi) is 23.2. The molecule has 35 nitrogen and oxygen atoms in total. The summed E-state index contributed by atoms with van der Waals surface area (Å²) in [5.41, 5.74) is 0. The third kappa shape index (κ3) is 12.8. The summed E-state index contributed by atoms with van der Waals surface area (Å²) in [7, 11) is 0. The molecular weight excluding hydrogens is 1090 g/mol. The Morgan fingerprint density at radius 1 is 0.179 bits per heavy atom. The van der Waals surface area contributed by atoms with Gasteiger partial charge in [-0.3, -0.25) is 0 Å². The predicted molar refractivity (Wildman–Crippen MR) is 230 cm³/mol. The number of hydrogen-bond acceptors (Lipinski definition) is 35. The fraction of sp³-hybridized carbons (Fsp3) is 1.00. The van der Waals surface area contributed by atoms with Crippen LogP contribution in [0.4, 0.5) is 0 Å². The number of aliphatic hydroxyl groups is 21. The summed E-state index contributed by atoms with van der Waals surface area (Å²) >= 11 is 0. The summed E-state index contributed by atoms with van der Waals surface area (Å²) in [4.78, 5) is 0. The molecule has 0 aromatic heterocycles. The Bertz CT molecular complexity index is 1480. The Labute approximate surface area is 464 Å². The second-order valence-corrected chi connectivity index (χ2v) is 19.7. The third-order valence-corrected chi connectivity index (χ3v) is 14.8. The number of rotatable bonds is 7. The molecular formula is C42H71NaO35. The van der Waals surface area contributed by atoms with E-state index in [-0.39, 0.29) is 31.0 Å². The Hall–Kier alpha value is -0.400. The molecule has 0 spiro atoms. The molecule has 21 aliphatic rings. The molecule has 21 heterocycles. The van der Waals surface area contributed by atoms with E-state index in [9.17, 15) is 107 Å². The predicted octanol–water partition coefficient (Wildman–Crippen LogP) is -18.1. The van der Waals surface area contributed by atoms with Gasteiger partial charge < -0.3 is 175 Å². The van der Waals surface area contributed by atoms with E-state index >= 15 is 0 Å². The zero-order valence-electron chi connectivity index (χ0n) is 42.3. The van der Waals surface area contributed by atoms with Crippen LogP contribution in [0.25, 0.3) is 0 Å². The molecule has 35 atom stereocenters. The summed E-state index contributed by atoms with van der Waals surface area (Å²) in [5.74, 6) is 0. The largest absolute Gasteiger partial charge is 1.00 e. The Balaban J connectivity index is 0.00000504. The molecule has 21 fully saturated rings. The number of aliphatic hydroxyl groups excluding tert-OH is 21. The van der Waals surface area contributed by atoms with Gasteiger partial charge in [0.25, 0.3) is 0 Å². The van der Waals surface area contributed by atoms with Crippen LogP contribution in [-0.2, 0) is 66.3 Å². The maximum atomic E-state index is 11.3. The molecule has 21 N–H and O–H groups in total. The first-order valence-electron chi connectivity index (χ1n) is 24.6. The molecule has 0 unspecified atom stereocenters. The van der Waals surface area contributed by atoms with Crippen molar-refractivity contribution in [2.45, 2.75) is 215 Å². The van der Waals surface area contributed by atoms with Crippen LogP contribution < -0.4 is 29.6 Å². The quantitative estimate of drug-likeness (QED) is 0.105. The minimum absolute atomic E-state index is 0. The van der Waals surface area contributed by atoms with Crippen molar-refractivity contribution in [1.82, 2.24) is 0 Å². The monoisotopic (exact) mass is 1160 g/mol. The van der Waals surface area contributed by atoms with Crippen LogP contribution in [0.5, 0.6) is 0 Å². The molecule has 0 saturated carbocycles.